The number of rotatable bonds is 1. The Labute approximate surface area is 111 Å². The van der Waals surface area contributed by atoms with Crippen molar-refractivity contribution in [1.29, 1.82) is 5.26 Å². The van der Waals surface area contributed by atoms with Gasteiger partial charge < -0.3 is 4.90 Å². The van der Waals surface area contributed by atoms with Crippen LogP contribution in [-0.4, -0.2) is 6.54 Å². The molecule has 19 heavy (non-hydrogen) atoms. The molecule has 0 unspecified atom stereocenters. The molecule has 2 aromatic carbocycles. The van der Waals surface area contributed by atoms with Crippen molar-refractivity contribution in [3.05, 3.63) is 65.0 Å². The van der Waals surface area contributed by atoms with Crippen molar-refractivity contribution in [2.75, 3.05) is 11.4 Å². The fraction of sp³-hybridized carbons (Fsp3) is 0.188. The van der Waals surface area contributed by atoms with Gasteiger partial charge in [-0.3, -0.25) is 0 Å². The summed E-state index contributed by atoms with van der Waals surface area (Å²) < 4.78 is 13.5. The highest BCUT2D eigenvalue weighted by atomic mass is 19.1. The van der Waals surface area contributed by atoms with Crippen LogP contribution in [0.25, 0.3) is 0 Å². The largest absolute Gasteiger partial charge is 0.367 e. The second-order valence-corrected chi connectivity index (χ2v) is 4.75. The van der Waals surface area contributed by atoms with Crippen LogP contribution in [0.15, 0.2) is 42.5 Å². The first-order valence-electron chi connectivity index (χ1n) is 6.29. The number of hydrogen-bond donors (Lipinski definition) is 0. The molecule has 0 atom stereocenters. The predicted molar refractivity (Wildman–Crippen MR) is 72.3 cm³/mol. The molecule has 0 N–H and O–H groups in total. The highest BCUT2D eigenvalue weighted by Crippen LogP contribution is 2.25. The number of nitriles is 1. The summed E-state index contributed by atoms with van der Waals surface area (Å²) >= 11 is 0. The van der Waals surface area contributed by atoms with Crippen molar-refractivity contribution < 1.29 is 4.39 Å². The first-order valence-corrected chi connectivity index (χ1v) is 6.29. The summed E-state index contributed by atoms with van der Waals surface area (Å²) in [7, 11) is 0. The quantitative estimate of drug-likeness (QED) is 0.779. The van der Waals surface area contributed by atoms with Gasteiger partial charge in [0.25, 0.3) is 0 Å². The predicted octanol–water partition coefficient (Wildman–Crippen LogP) is 3.26. The fourth-order valence-corrected chi connectivity index (χ4v) is 2.54. The van der Waals surface area contributed by atoms with E-state index in [-0.39, 0.29) is 5.82 Å². The van der Waals surface area contributed by atoms with E-state index in [9.17, 15) is 4.39 Å². The third-order valence-electron chi connectivity index (χ3n) is 3.51. The Morgan fingerprint density at radius 2 is 1.89 bits per heavy atom. The van der Waals surface area contributed by atoms with Crippen molar-refractivity contribution >= 4 is 5.69 Å². The van der Waals surface area contributed by atoms with Gasteiger partial charge >= 0.3 is 0 Å². The average Bonchev–Trinajstić information content (AvgIpc) is 2.46. The van der Waals surface area contributed by atoms with Gasteiger partial charge in [0.05, 0.1) is 11.6 Å². The molecule has 1 aliphatic heterocycles. The molecule has 3 heteroatoms. The van der Waals surface area contributed by atoms with Crippen LogP contribution in [0.5, 0.6) is 0 Å². The van der Waals surface area contributed by atoms with Gasteiger partial charge in [-0.2, -0.15) is 5.26 Å². The molecule has 0 spiro atoms. The van der Waals surface area contributed by atoms with Crippen LogP contribution < -0.4 is 4.90 Å². The molecule has 0 saturated carbocycles. The highest BCUT2D eigenvalue weighted by molar-refractivity contribution is 5.54. The topological polar surface area (TPSA) is 27.0 Å². The van der Waals surface area contributed by atoms with Crippen LogP contribution in [0, 0.1) is 17.1 Å². The zero-order valence-electron chi connectivity index (χ0n) is 10.4. The summed E-state index contributed by atoms with van der Waals surface area (Å²) in [6.07, 6.45) is 0.953. The molecule has 0 radical (unpaired) electrons. The Morgan fingerprint density at radius 1 is 1.11 bits per heavy atom. The van der Waals surface area contributed by atoms with Gasteiger partial charge in [-0.15, -0.1) is 0 Å². The SMILES string of the molecule is N#Cc1cc(F)cc(N2CCc3ccccc3C2)c1. The van der Waals surface area contributed by atoms with Crippen LogP contribution in [-0.2, 0) is 13.0 Å². The Morgan fingerprint density at radius 3 is 2.68 bits per heavy atom. The van der Waals surface area contributed by atoms with Gasteiger partial charge in [-0.1, -0.05) is 24.3 Å². The molecule has 0 aromatic heterocycles. The van der Waals surface area contributed by atoms with Crippen molar-refractivity contribution in [1.82, 2.24) is 0 Å². The zero-order valence-corrected chi connectivity index (χ0v) is 10.4. The molecule has 0 bridgehead atoms. The lowest BCUT2D eigenvalue weighted by atomic mass is 9.99. The van der Waals surface area contributed by atoms with E-state index in [1.54, 1.807) is 6.07 Å². The average molecular weight is 252 g/mol. The summed E-state index contributed by atoms with van der Waals surface area (Å²) in [5.74, 6) is -0.354. The summed E-state index contributed by atoms with van der Waals surface area (Å²) in [6.45, 7) is 1.62. The van der Waals surface area contributed by atoms with E-state index in [4.69, 9.17) is 5.26 Å². The summed E-state index contributed by atoms with van der Waals surface area (Å²) in [5, 5.41) is 8.91. The first-order chi connectivity index (χ1) is 9.26. The number of halogens is 1. The maximum absolute atomic E-state index is 13.5. The third-order valence-corrected chi connectivity index (χ3v) is 3.51. The maximum atomic E-state index is 13.5. The minimum Gasteiger partial charge on any atom is -0.367 e. The minimum atomic E-state index is -0.354. The number of hydrogen-bond acceptors (Lipinski definition) is 2. The van der Waals surface area contributed by atoms with Gasteiger partial charge in [-0.25, -0.2) is 4.39 Å². The molecule has 0 saturated heterocycles. The Balaban J connectivity index is 1.93. The first kappa shape index (κ1) is 11.7. The summed E-state index contributed by atoms with van der Waals surface area (Å²) in [5.41, 5.74) is 3.78. The number of fused-ring (bicyclic) bond motifs is 1. The third kappa shape index (κ3) is 2.30. The molecule has 3 rings (SSSR count). The van der Waals surface area contributed by atoms with Crippen LogP contribution in [0.4, 0.5) is 10.1 Å². The van der Waals surface area contributed by atoms with E-state index >= 15 is 0 Å². The second-order valence-electron chi connectivity index (χ2n) is 4.75. The molecule has 0 amide bonds. The standard InChI is InChI=1S/C16H13FN2/c17-15-7-12(10-18)8-16(9-15)19-6-5-13-3-1-2-4-14(13)11-19/h1-4,7-9H,5-6,11H2. The lowest BCUT2D eigenvalue weighted by Crippen LogP contribution is -2.30. The van der Waals surface area contributed by atoms with Crippen LogP contribution in [0.3, 0.4) is 0 Å². The van der Waals surface area contributed by atoms with E-state index in [1.807, 2.05) is 18.2 Å². The smallest absolute Gasteiger partial charge is 0.126 e. The molecule has 1 aliphatic rings. The maximum Gasteiger partial charge on any atom is 0.126 e. The van der Waals surface area contributed by atoms with Crippen molar-refractivity contribution in [2.24, 2.45) is 0 Å². The Bertz CT molecular complexity index is 658. The number of benzene rings is 2. The zero-order chi connectivity index (χ0) is 13.2. The van der Waals surface area contributed by atoms with Gasteiger partial charge in [-0.05, 0) is 35.7 Å². The molecular weight excluding hydrogens is 239 g/mol. The normalized spacial score (nSPS) is 13.8. The number of anilines is 1. The number of nitrogens with zero attached hydrogens (tertiary/aromatic N) is 2. The monoisotopic (exact) mass is 252 g/mol. The van der Waals surface area contributed by atoms with E-state index in [0.717, 1.165) is 25.2 Å². The van der Waals surface area contributed by atoms with Crippen LogP contribution in [0.1, 0.15) is 16.7 Å². The van der Waals surface area contributed by atoms with E-state index in [2.05, 4.69) is 17.0 Å². The van der Waals surface area contributed by atoms with Crippen molar-refractivity contribution in [2.45, 2.75) is 13.0 Å². The molecule has 94 valence electrons. The van der Waals surface area contributed by atoms with E-state index < -0.39 is 0 Å². The summed E-state index contributed by atoms with van der Waals surface area (Å²) in [4.78, 5) is 2.12. The Hall–Kier alpha value is -2.34. The van der Waals surface area contributed by atoms with Gasteiger partial charge in [0.1, 0.15) is 5.82 Å². The lowest BCUT2D eigenvalue weighted by molar-refractivity contribution is 0.624. The molecule has 1 heterocycles. The van der Waals surface area contributed by atoms with Gasteiger partial charge in [0.15, 0.2) is 0 Å². The van der Waals surface area contributed by atoms with Crippen molar-refractivity contribution in [3.8, 4) is 6.07 Å². The van der Waals surface area contributed by atoms with Gasteiger partial charge in [0, 0.05) is 18.8 Å². The Kier molecular flexibility index (Phi) is 2.92. The van der Waals surface area contributed by atoms with Crippen LogP contribution >= 0.6 is 0 Å². The highest BCUT2D eigenvalue weighted by Gasteiger charge is 2.17. The molecule has 2 nitrogen and oxygen atoms in total. The van der Waals surface area contributed by atoms with Crippen LogP contribution in [0.2, 0.25) is 0 Å². The van der Waals surface area contributed by atoms with Gasteiger partial charge in [0.2, 0.25) is 0 Å². The summed E-state index contributed by atoms with van der Waals surface area (Å²) in [6, 6.07) is 14.8. The van der Waals surface area contributed by atoms with E-state index in [1.165, 1.54) is 23.3 Å². The second kappa shape index (κ2) is 4.74. The minimum absolute atomic E-state index is 0.354. The fourth-order valence-electron chi connectivity index (χ4n) is 2.54. The molecule has 0 fully saturated rings. The molecule has 2 aromatic rings. The lowest BCUT2D eigenvalue weighted by Gasteiger charge is -2.30. The molecular formula is C16H13FN2. The molecule has 0 aliphatic carbocycles. The van der Waals surface area contributed by atoms with Crippen molar-refractivity contribution in [3.63, 3.8) is 0 Å². The van der Waals surface area contributed by atoms with E-state index in [0.29, 0.717) is 5.56 Å².